The van der Waals surface area contributed by atoms with Gasteiger partial charge in [0.05, 0.1) is 31.8 Å². The maximum Gasteiger partial charge on any atom is 0.157 e. The molecule has 0 aromatic rings. The first-order valence-electron chi connectivity index (χ1n) is 4.82. The van der Waals surface area contributed by atoms with E-state index in [4.69, 9.17) is 24.8 Å². The minimum Gasteiger partial charge on any atom is -0.396 e. The van der Waals surface area contributed by atoms with Gasteiger partial charge in [0.15, 0.2) is 6.29 Å². The molecule has 1 aliphatic rings. The zero-order valence-electron chi connectivity index (χ0n) is 8.19. The first-order valence-corrected chi connectivity index (χ1v) is 4.82. The highest BCUT2D eigenvalue weighted by Crippen LogP contribution is 2.20. The van der Waals surface area contributed by atoms with Crippen LogP contribution in [0.1, 0.15) is 12.8 Å². The first kappa shape index (κ1) is 11.9. The van der Waals surface area contributed by atoms with Gasteiger partial charge in [-0.15, -0.1) is 0 Å². The zero-order valence-corrected chi connectivity index (χ0v) is 8.19. The van der Waals surface area contributed by atoms with E-state index in [0.717, 1.165) is 12.8 Å². The van der Waals surface area contributed by atoms with Crippen LogP contribution in [0.4, 0.5) is 0 Å². The van der Waals surface area contributed by atoms with Crippen LogP contribution in [0.15, 0.2) is 0 Å². The van der Waals surface area contributed by atoms with Crippen LogP contribution in [0, 0.1) is 5.41 Å². The first-order chi connectivity index (χ1) is 6.76. The van der Waals surface area contributed by atoms with Gasteiger partial charge in [0, 0.05) is 13.0 Å². The molecule has 1 heterocycles. The van der Waals surface area contributed by atoms with Gasteiger partial charge in [-0.1, -0.05) is 0 Å². The minimum absolute atomic E-state index is 0.112. The van der Waals surface area contributed by atoms with E-state index in [1.807, 2.05) is 0 Å². The van der Waals surface area contributed by atoms with E-state index in [0.29, 0.717) is 6.61 Å². The van der Waals surface area contributed by atoms with E-state index in [-0.39, 0.29) is 32.7 Å². The van der Waals surface area contributed by atoms with Gasteiger partial charge in [0.1, 0.15) is 0 Å². The Kier molecular flexibility index (Phi) is 4.77. The van der Waals surface area contributed by atoms with Gasteiger partial charge in [0.25, 0.3) is 0 Å². The molecule has 1 atom stereocenters. The fourth-order valence-electron chi connectivity index (χ4n) is 1.24. The van der Waals surface area contributed by atoms with Crippen molar-refractivity contribution in [1.82, 2.24) is 0 Å². The molecule has 0 amide bonds. The lowest BCUT2D eigenvalue weighted by Gasteiger charge is -2.28. The number of hydrogen-bond donors (Lipinski definition) is 3. The van der Waals surface area contributed by atoms with Gasteiger partial charge in [-0.25, -0.2) is 0 Å². The quantitative estimate of drug-likeness (QED) is 0.525. The summed E-state index contributed by atoms with van der Waals surface area (Å²) in [6.45, 7) is -0.0949. The molecule has 5 heteroatoms. The van der Waals surface area contributed by atoms with Crippen molar-refractivity contribution in [2.24, 2.45) is 5.41 Å². The molecule has 0 saturated carbocycles. The van der Waals surface area contributed by atoms with E-state index in [2.05, 4.69) is 0 Å². The normalized spacial score (nSPS) is 22.9. The van der Waals surface area contributed by atoms with Crippen LogP contribution < -0.4 is 0 Å². The molecule has 0 aromatic carbocycles. The molecule has 1 unspecified atom stereocenters. The largest absolute Gasteiger partial charge is 0.396 e. The van der Waals surface area contributed by atoms with Crippen molar-refractivity contribution in [3.05, 3.63) is 0 Å². The monoisotopic (exact) mass is 206 g/mol. The van der Waals surface area contributed by atoms with Gasteiger partial charge >= 0.3 is 0 Å². The molecule has 0 radical (unpaired) electrons. The average molecular weight is 206 g/mol. The SMILES string of the molecule is OCC(CO)(CO)COC1CCCO1. The third kappa shape index (κ3) is 2.90. The predicted octanol–water partition coefficient (Wildman–Crippen LogP) is -0.897. The zero-order chi connectivity index (χ0) is 10.4. The fraction of sp³-hybridized carbons (Fsp3) is 1.00. The molecule has 0 spiro atoms. The minimum atomic E-state index is -0.952. The Hall–Kier alpha value is -0.200. The predicted molar refractivity (Wildman–Crippen MR) is 48.6 cm³/mol. The number of aliphatic hydroxyl groups excluding tert-OH is 3. The van der Waals surface area contributed by atoms with Gasteiger partial charge in [-0.05, 0) is 6.42 Å². The summed E-state index contributed by atoms with van der Waals surface area (Å²) in [7, 11) is 0. The van der Waals surface area contributed by atoms with Crippen molar-refractivity contribution >= 4 is 0 Å². The molecule has 14 heavy (non-hydrogen) atoms. The second kappa shape index (κ2) is 5.63. The van der Waals surface area contributed by atoms with Crippen LogP contribution in [0.5, 0.6) is 0 Å². The van der Waals surface area contributed by atoms with Crippen LogP contribution in [-0.4, -0.2) is 54.6 Å². The van der Waals surface area contributed by atoms with E-state index in [1.54, 1.807) is 0 Å². The fourth-order valence-corrected chi connectivity index (χ4v) is 1.24. The smallest absolute Gasteiger partial charge is 0.157 e. The second-order valence-corrected chi connectivity index (χ2v) is 3.73. The van der Waals surface area contributed by atoms with E-state index < -0.39 is 5.41 Å². The van der Waals surface area contributed by atoms with Crippen LogP contribution in [0.2, 0.25) is 0 Å². The van der Waals surface area contributed by atoms with Crippen LogP contribution in [0.25, 0.3) is 0 Å². The molecule has 0 aliphatic carbocycles. The standard InChI is InChI=1S/C9H18O5/c10-4-9(5-11,6-12)7-14-8-2-1-3-13-8/h8,10-12H,1-7H2. The third-order valence-electron chi connectivity index (χ3n) is 2.47. The van der Waals surface area contributed by atoms with Crippen LogP contribution >= 0.6 is 0 Å². The molecule has 5 nitrogen and oxygen atoms in total. The Balaban J connectivity index is 2.31. The van der Waals surface area contributed by atoms with Crippen molar-refractivity contribution in [3.63, 3.8) is 0 Å². The highest BCUT2D eigenvalue weighted by atomic mass is 16.7. The summed E-state index contributed by atoms with van der Waals surface area (Å²) >= 11 is 0. The van der Waals surface area contributed by atoms with Gasteiger partial charge in [0.2, 0.25) is 0 Å². The summed E-state index contributed by atoms with van der Waals surface area (Å²) < 4.78 is 10.6. The molecule has 1 fully saturated rings. The number of ether oxygens (including phenoxy) is 2. The molecular formula is C9H18O5. The summed E-state index contributed by atoms with van der Waals surface area (Å²) in [4.78, 5) is 0. The summed E-state index contributed by atoms with van der Waals surface area (Å²) in [5, 5.41) is 27.0. The lowest BCUT2D eigenvalue weighted by Crippen LogP contribution is -2.39. The van der Waals surface area contributed by atoms with Crippen LogP contribution in [0.3, 0.4) is 0 Å². The van der Waals surface area contributed by atoms with Crippen molar-refractivity contribution in [2.75, 3.05) is 33.0 Å². The van der Waals surface area contributed by atoms with E-state index >= 15 is 0 Å². The average Bonchev–Trinajstić information content (AvgIpc) is 2.74. The van der Waals surface area contributed by atoms with Gasteiger partial charge < -0.3 is 24.8 Å². The molecule has 1 rings (SSSR count). The molecule has 1 saturated heterocycles. The molecule has 0 aromatic heterocycles. The Morgan fingerprint density at radius 3 is 2.29 bits per heavy atom. The van der Waals surface area contributed by atoms with Crippen molar-refractivity contribution < 1.29 is 24.8 Å². The molecule has 3 N–H and O–H groups in total. The third-order valence-corrected chi connectivity index (χ3v) is 2.47. The summed E-state index contributed by atoms with van der Waals surface area (Å²) in [6.07, 6.45) is 1.55. The maximum atomic E-state index is 9.01. The lowest BCUT2D eigenvalue weighted by atomic mass is 9.93. The highest BCUT2D eigenvalue weighted by Gasteiger charge is 2.30. The van der Waals surface area contributed by atoms with Crippen molar-refractivity contribution in [2.45, 2.75) is 19.1 Å². The van der Waals surface area contributed by atoms with Gasteiger partial charge in [-0.3, -0.25) is 0 Å². The molecular weight excluding hydrogens is 188 g/mol. The van der Waals surface area contributed by atoms with E-state index in [9.17, 15) is 0 Å². The number of aliphatic hydroxyl groups is 3. The summed E-state index contributed by atoms with van der Waals surface area (Å²) in [6, 6.07) is 0. The number of hydrogen-bond acceptors (Lipinski definition) is 5. The molecule has 84 valence electrons. The van der Waals surface area contributed by atoms with Crippen molar-refractivity contribution in [1.29, 1.82) is 0 Å². The Morgan fingerprint density at radius 2 is 1.86 bits per heavy atom. The van der Waals surface area contributed by atoms with Crippen LogP contribution in [-0.2, 0) is 9.47 Å². The Bertz CT molecular complexity index is 143. The van der Waals surface area contributed by atoms with Crippen molar-refractivity contribution in [3.8, 4) is 0 Å². The summed E-state index contributed by atoms with van der Waals surface area (Å²) in [5.74, 6) is 0. The Morgan fingerprint density at radius 1 is 1.21 bits per heavy atom. The summed E-state index contributed by atoms with van der Waals surface area (Å²) in [5.41, 5.74) is -0.952. The maximum absolute atomic E-state index is 9.01. The topological polar surface area (TPSA) is 79.2 Å². The molecule has 0 bridgehead atoms. The highest BCUT2D eigenvalue weighted by molar-refractivity contribution is 4.76. The lowest BCUT2D eigenvalue weighted by molar-refractivity contribution is -0.154. The number of rotatable bonds is 6. The second-order valence-electron chi connectivity index (χ2n) is 3.73. The molecule has 1 aliphatic heterocycles. The van der Waals surface area contributed by atoms with E-state index in [1.165, 1.54) is 0 Å². The Labute approximate surface area is 83.3 Å². The van der Waals surface area contributed by atoms with Gasteiger partial charge in [-0.2, -0.15) is 0 Å².